The first-order valence-electron chi connectivity index (χ1n) is 23.3. The monoisotopic (exact) mass is 881 g/mol. The summed E-state index contributed by atoms with van der Waals surface area (Å²) in [5.41, 5.74) is 17.9. The molecule has 0 unspecified atom stereocenters. The van der Waals surface area contributed by atoms with Crippen LogP contribution >= 0.6 is 0 Å². The summed E-state index contributed by atoms with van der Waals surface area (Å²) >= 11 is 0. The highest BCUT2D eigenvalue weighted by Crippen LogP contribution is 2.43. The van der Waals surface area contributed by atoms with E-state index < -0.39 is 0 Å². The maximum Gasteiger partial charge on any atom is 0.160 e. The SMILES string of the molecule is c1ccc(-c2ccc(-c3cc(-c4cc(-c5cccc6oc7ccccc7c56)cc(-n5c6ccccc6c6cc(-c7cccc8c7oc7ccccc78)ccc65)c4)nc(-c4ccccc4)n3)cc2)cc1. The molecule has 322 valence electrons. The molecule has 0 saturated carbocycles. The van der Waals surface area contributed by atoms with Crippen molar-refractivity contribution >= 4 is 65.7 Å². The fraction of sp³-hybridized carbons (Fsp3) is 0. The van der Waals surface area contributed by atoms with Crippen LogP contribution in [0.1, 0.15) is 0 Å². The molecule has 0 radical (unpaired) electrons. The molecule has 69 heavy (non-hydrogen) atoms. The summed E-state index contributed by atoms with van der Waals surface area (Å²) in [6.07, 6.45) is 0. The third-order valence-corrected chi connectivity index (χ3v) is 13.6. The van der Waals surface area contributed by atoms with E-state index >= 15 is 0 Å². The third kappa shape index (κ3) is 6.47. The molecule has 10 aromatic carbocycles. The lowest BCUT2D eigenvalue weighted by molar-refractivity contribution is 0.669. The molecule has 14 rings (SSSR count). The fourth-order valence-corrected chi connectivity index (χ4v) is 10.4. The van der Waals surface area contributed by atoms with Gasteiger partial charge in [-0.2, -0.15) is 0 Å². The Hall–Kier alpha value is -9.32. The van der Waals surface area contributed by atoms with Gasteiger partial charge in [0, 0.05) is 60.3 Å². The number of aromatic nitrogens is 3. The second kappa shape index (κ2) is 15.7. The summed E-state index contributed by atoms with van der Waals surface area (Å²) in [6, 6.07) is 83.3. The molecule has 0 aliphatic heterocycles. The van der Waals surface area contributed by atoms with Crippen molar-refractivity contribution in [3.05, 3.63) is 237 Å². The van der Waals surface area contributed by atoms with Crippen LogP contribution in [0.3, 0.4) is 0 Å². The Kier molecular flexibility index (Phi) is 8.83. The standard InChI is InChI=1S/C64H39N3O2/c1-3-15-40(16-4-1)41-29-31-42(32-30-41)55-39-56(66-64(65-55)43-17-5-2-6-18-43)46-35-45(48-22-14-28-61-62(48)53-21-9-12-27-60(53)68-61)36-47(37-46)67-57-25-10-7-19-50(57)54-38-44(33-34-58(54)67)49-23-13-24-52-51-20-8-11-26-59(51)69-63(49)52/h1-39H. The minimum atomic E-state index is 0.661. The first kappa shape index (κ1) is 38.9. The van der Waals surface area contributed by atoms with Gasteiger partial charge in [-0.25, -0.2) is 9.97 Å². The molecule has 0 spiro atoms. The number of rotatable bonds is 7. The van der Waals surface area contributed by atoms with Gasteiger partial charge in [0.15, 0.2) is 5.82 Å². The zero-order valence-electron chi connectivity index (χ0n) is 37.2. The van der Waals surface area contributed by atoms with E-state index in [9.17, 15) is 0 Å². The summed E-state index contributed by atoms with van der Waals surface area (Å²) in [5, 5.41) is 6.71. The molecule has 0 amide bonds. The van der Waals surface area contributed by atoms with E-state index in [4.69, 9.17) is 18.8 Å². The van der Waals surface area contributed by atoms with Crippen molar-refractivity contribution in [3.8, 4) is 73.0 Å². The van der Waals surface area contributed by atoms with E-state index in [1.54, 1.807) is 0 Å². The molecule has 14 aromatic rings. The fourth-order valence-electron chi connectivity index (χ4n) is 10.4. The Morgan fingerprint density at radius 3 is 1.68 bits per heavy atom. The van der Waals surface area contributed by atoms with Crippen molar-refractivity contribution in [3.63, 3.8) is 0 Å². The maximum absolute atomic E-state index is 6.55. The summed E-state index contributed by atoms with van der Waals surface area (Å²) < 4.78 is 15.4. The van der Waals surface area contributed by atoms with Crippen LogP contribution in [-0.4, -0.2) is 14.5 Å². The topological polar surface area (TPSA) is 57.0 Å². The summed E-state index contributed by atoms with van der Waals surface area (Å²) in [6.45, 7) is 0. The van der Waals surface area contributed by atoms with Gasteiger partial charge < -0.3 is 13.4 Å². The average molecular weight is 882 g/mol. The average Bonchev–Trinajstić information content (AvgIpc) is 4.11. The van der Waals surface area contributed by atoms with Crippen molar-refractivity contribution in [2.45, 2.75) is 0 Å². The van der Waals surface area contributed by atoms with Gasteiger partial charge in [-0.3, -0.25) is 0 Å². The van der Waals surface area contributed by atoms with E-state index in [2.05, 4.69) is 193 Å². The summed E-state index contributed by atoms with van der Waals surface area (Å²) in [5.74, 6) is 0.661. The quantitative estimate of drug-likeness (QED) is 0.160. The smallest absolute Gasteiger partial charge is 0.160 e. The Morgan fingerprint density at radius 1 is 0.304 bits per heavy atom. The van der Waals surface area contributed by atoms with Gasteiger partial charge in [0.2, 0.25) is 0 Å². The number of furan rings is 2. The van der Waals surface area contributed by atoms with Crippen molar-refractivity contribution in [1.82, 2.24) is 14.5 Å². The van der Waals surface area contributed by atoms with Gasteiger partial charge in [-0.05, 0) is 88.5 Å². The predicted octanol–water partition coefficient (Wildman–Crippen LogP) is 17.4. The number of benzene rings is 10. The molecule has 0 fully saturated rings. The zero-order valence-corrected chi connectivity index (χ0v) is 37.2. The van der Waals surface area contributed by atoms with Gasteiger partial charge in [-0.1, -0.05) is 176 Å². The van der Waals surface area contributed by atoms with Gasteiger partial charge in [0.1, 0.15) is 22.3 Å². The molecular weight excluding hydrogens is 843 g/mol. The number of hydrogen-bond acceptors (Lipinski definition) is 4. The van der Waals surface area contributed by atoms with E-state index in [1.165, 1.54) is 5.56 Å². The van der Waals surface area contributed by atoms with Crippen molar-refractivity contribution in [2.75, 3.05) is 0 Å². The second-order valence-corrected chi connectivity index (χ2v) is 17.7. The molecule has 5 heteroatoms. The lowest BCUT2D eigenvalue weighted by Gasteiger charge is -2.15. The number of nitrogens with zero attached hydrogens (tertiary/aromatic N) is 3. The molecule has 0 atom stereocenters. The Labute approximate surface area is 396 Å². The molecule has 0 saturated heterocycles. The largest absolute Gasteiger partial charge is 0.456 e. The van der Waals surface area contributed by atoms with Crippen molar-refractivity contribution in [2.24, 2.45) is 0 Å². The first-order valence-corrected chi connectivity index (χ1v) is 23.3. The van der Waals surface area contributed by atoms with Crippen molar-refractivity contribution < 1.29 is 8.83 Å². The van der Waals surface area contributed by atoms with E-state index in [0.717, 1.165) is 127 Å². The van der Waals surface area contributed by atoms with Crippen LogP contribution in [-0.2, 0) is 0 Å². The maximum atomic E-state index is 6.55. The highest BCUT2D eigenvalue weighted by molar-refractivity contribution is 6.15. The number of para-hydroxylation sites is 4. The Morgan fingerprint density at radius 2 is 0.870 bits per heavy atom. The molecule has 0 aliphatic carbocycles. The van der Waals surface area contributed by atoms with Gasteiger partial charge in [-0.15, -0.1) is 0 Å². The number of fused-ring (bicyclic) bond motifs is 9. The minimum absolute atomic E-state index is 0.661. The lowest BCUT2D eigenvalue weighted by atomic mass is 9.95. The Balaban J connectivity index is 1.01. The van der Waals surface area contributed by atoms with Gasteiger partial charge >= 0.3 is 0 Å². The zero-order chi connectivity index (χ0) is 45.4. The second-order valence-electron chi connectivity index (χ2n) is 17.7. The van der Waals surface area contributed by atoms with Crippen LogP contribution in [0.25, 0.3) is 139 Å². The third-order valence-electron chi connectivity index (χ3n) is 13.6. The van der Waals surface area contributed by atoms with Gasteiger partial charge in [0.25, 0.3) is 0 Å². The van der Waals surface area contributed by atoms with Crippen molar-refractivity contribution in [1.29, 1.82) is 0 Å². The molecule has 0 aliphatic rings. The minimum Gasteiger partial charge on any atom is -0.456 e. The summed E-state index contributed by atoms with van der Waals surface area (Å²) in [4.78, 5) is 10.6. The molecular formula is C64H39N3O2. The van der Waals surface area contributed by atoms with Crippen LogP contribution in [0.4, 0.5) is 0 Å². The van der Waals surface area contributed by atoms with Crippen LogP contribution < -0.4 is 0 Å². The van der Waals surface area contributed by atoms with E-state index in [0.29, 0.717) is 5.82 Å². The number of hydrogen-bond donors (Lipinski definition) is 0. The van der Waals surface area contributed by atoms with Crippen LogP contribution in [0, 0.1) is 0 Å². The molecule has 4 heterocycles. The normalized spacial score (nSPS) is 11.8. The molecule has 0 bridgehead atoms. The Bertz CT molecular complexity index is 4300. The van der Waals surface area contributed by atoms with E-state index in [-0.39, 0.29) is 0 Å². The lowest BCUT2D eigenvalue weighted by Crippen LogP contribution is -1.99. The molecule has 4 aromatic heterocycles. The van der Waals surface area contributed by atoms with E-state index in [1.807, 2.05) is 48.5 Å². The first-order chi connectivity index (χ1) is 34.2. The predicted molar refractivity (Wildman–Crippen MR) is 284 cm³/mol. The molecule has 5 nitrogen and oxygen atoms in total. The summed E-state index contributed by atoms with van der Waals surface area (Å²) in [7, 11) is 0. The van der Waals surface area contributed by atoms with Crippen LogP contribution in [0.2, 0.25) is 0 Å². The highest BCUT2D eigenvalue weighted by atomic mass is 16.3. The molecule has 0 N–H and O–H groups in total. The van der Waals surface area contributed by atoms with Gasteiger partial charge in [0.05, 0.1) is 22.4 Å². The van der Waals surface area contributed by atoms with Crippen LogP contribution in [0.15, 0.2) is 245 Å². The highest BCUT2D eigenvalue weighted by Gasteiger charge is 2.21. The van der Waals surface area contributed by atoms with Crippen LogP contribution in [0.5, 0.6) is 0 Å².